The molecule has 2 amide bonds. The summed E-state index contributed by atoms with van der Waals surface area (Å²) in [7, 11) is 0. The molecule has 0 saturated heterocycles. The molecule has 3 N–H and O–H groups in total. The van der Waals surface area contributed by atoms with Crippen LogP contribution in [0.1, 0.15) is 31.7 Å². The zero-order chi connectivity index (χ0) is 15.1. The standard InChI is InChI=1S/C14H26N4O2/c1-5-13(9-19)16-14(20)15-7-10(2)8-18-12(4)6-11(3)17-18/h6,10,13,19H,5,7-9H2,1-4H3,(H2,15,16,20). The molecule has 6 nitrogen and oxygen atoms in total. The Kier molecular flexibility index (Phi) is 6.51. The van der Waals surface area contributed by atoms with Crippen LogP contribution in [0.3, 0.4) is 0 Å². The number of aromatic nitrogens is 2. The van der Waals surface area contributed by atoms with Crippen LogP contribution < -0.4 is 10.6 Å². The van der Waals surface area contributed by atoms with Gasteiger partial charge in [-0.25, -0.2) is 4.79 Å². The smallest absolute Gasteiger partial charge is 0.315 e. The molecular formula is C14H26N4O2. The van der Waals surface area contributed by atoms with Gasteiger partial charge in [-0.1, -0.05) is 13.8 Å². The summed E-state index contributed by atoms with van der Waals surface area (Å²) in [5.74, 6) is 0.285. The van der Waals surface area contributed by atoms with Gasteiger partial charge in [0.05, 0.1) is 18.3 Å². The Balaban J connectivity index is 2.34. The van der Waals surface area contributed by atoms with E-state index in [0.717, 1.165) is 17.9 Å². The number of hydrogen-bond acceptors (Lipinski definition) is 3. The van der Waals surface area contributed by atoms with Gasteiger partial charge < -0.3 is 15.7 Å². The summed E-state index contributed by atoms with van der Waals surface area (Å²) >= 11 is 0. The molecule has 0 aliphatic heterocycles. The van der Waals surface area contributed by atoms with E-state index in [0.29, 0.717) is 13.0 Å². The summed E-state index contributed by atoms with van der Waals surface area (Å²) < 4.78 is 1.96. The molecule has 0 aromatic carbocycles. The van der Waals surface area contributed by atoms with Crippen LogP contribution in [0.2, 0.25) is 0 Å². The molecule has 6 heteroatoms. The first-order valence-electron chi connectivity index (χ1n) is 7.12. The number of nitrogens with one attached hydrogen (secondary N) is 2. The van der Waals surface area contributed by atoms with Gasteiger partial charge in [-0.3, -0.25) is 4.68 Å². The third kappa shape index (κ3) is 5.21. The first kappa shape index (κ1) is 16.5. The molecule has 0 bridgehead atoms. The number of carbonyl (C=O) groups excluding carboxylic acids is 1. The van der Waals surface area contributed by atoms with Gasteiger partial charge in [0.25, 0.3) is 0 Å². The van der Waals surface area contributed by atoms with E-state index < -0.39 is 0 Å². The number of rotatable bonds is 7. The van der Waals surface area contributed by atoms with Crippen LogP contribution >= 0.6 is 0 Å². The molecule has 2 unspecified atom stereocenters. The van der Waals surface area contributed by atoms with Crippen LogP contribution in [-0.2, 0) is 6.54 Å². The fraction of sp³-hybridized carbons (Fsp3) is 0.714. The predicted octanol–water partition coefficient (Wildman–Crippen LogP) is 1.21. The topological polar surface area (TPSA) is 79.2 Å². The van der Waals surface area contributed by atoms with Crippen molar-refractivity contribution in [3.63, 3.8) is 0 Å². The number of aliphatic hydroxyl groups excluding tert-OH is 1. The second kappa shape index (κ2) is 7.89. The highest BCUT2D eigenvalue weighted by atomic mass is 16.3. The third-order valence-electron chi connectivity index (χ3n) is 3.25. The molecule has 0 radical (unpaired) electrons. The Morgan fingerprint density at radius 3 is 2.70 bits per heavy atom. The quantitative estimate of drug-likeness (QED) is 0.703. The summed E-state index contributed by atoms with van der Waals surface area (Å²) in [6.45, 7) is 9.31. The van der Waals surface area contributed by atoms with Gasteiger partial charge >= 0.3 is 6.03 Å². The summed E-state index contributed by atoms with van der Waals surface area (Å²) in [5, 5.41) is 19.0. The molecule has 0 saturated carbocycles. The molecule has 0 fully saturated rings. The normalized spacial score (nSPS) is 13.8. The van der Waals surface area contributed by atoms with Gasteiger partial charge in [0, 0.05) is 18.8 Å². The van der Waals surface area contributed by atoms with Crippen molar-refractivity contribution in [3.05, 3.63) is 17.5 Å². The summed E-state index contributed by atoms with van der Waals surface area (Å²) in [5.41, 5.74) is 2.14. The molecule has 114 valence electrons. The van der Waals surface area contributed by atoms with Crippen LogP contribution in [0, 0.1) is 19.8 Å². The third-order valence-corrected chi connectivity index (χ3v) is 3.25. The molecule has 0 aliphatic rings. The zero-order valence-electron chi connectivity index (χ0n) is 12.8. The lowest BCUT2D eigenvalue weighted by Crippen LogP contribution is -2.45. The van der Waals surface area contributed by atoms with Crippen molar-refractivity contribution in [1.29, 1.82) is 0 Å². The van der Waals surface area contributed by atoms with Gasteiger partial charge in [0.1, 0.15) is 0 Å². The minimum Gasteiger partial charge on any atom is -0.394 e. The maximum Gasteiger partial charge on any atom is 0.315 e. The highest BCUT2D eigenvalue weighted by Gasteiger charge is 2.11. The van der Waals surface area contributed by atoms with Crippen molar-refractivity contribution in [3.8, 4) is 0 Å². The lowest BCUT2D eigenvalue weighted by Gasteiger charge is -2.17. The fourth-order valence-electron chi connectivity index (χ4n) is 2.00. The minimum atomic E-state index is -0.230. The van der Waals surface area contributed by atoms with Crippen molar-refractivity contribution in [2.45, 2.75) is 46.7 Å². The molecule has 1 aromatic heterocycles. The lowest BCUT2D eigenvalue weighted by molar-refractivity contribution is 0.213. The molecule has 0 spiro atoms. The Hall–Kier alpha value is -1.56. The number of amides is 2. The van der Waals surface area contributed by atoms with E-state index in [1.807, 2.05) is 31.5 Å². The lowest BCUT2D eigenvalue weighted by atomic mass is 10.2. The number of nitrogens with zero attached hydrogens (tertiary/aromatic N) is 2. The van der Waals surface area contributed by atoms with Crippen molar-refractivity contribution >= 4 is 6.03 Å². The number of hydrogen-bond donors (Lipinski definition) is 3. The molecular weight excluding hydrogens is 256 g/mol. The van der Waals surface area contributed by atoms with E-state index in [4.69, 9.17) is 5.11 Å². The van der Waals surface area contributed by atoms with E-state index >= 15 is 0 Å². The monoisotopic (exact) mass is 282 g/mol. The van der Waals surface area contributed by atoms with Crippen LogP contribution in [0.5, 0.6) is 0 Å². The molecule has 20 heavy (non-hydrogen) atoms. The van der Waals surface area contributed by atoms with E-state index in [1.54, 1.807) is 0 Å². The van der Waals surface area contributed by atoms with Crippen molar-refractivity contribution < 1.29 is 9.90 Å². The largest absolute Gasteiger partial charge is 0.394 e. The van der Waals surface area contributed by atoms with Gasteiger partial charge in [-0.05, 0) is 32.3 Å². The molecule has 1 heterocycles. The number of carbonyl (C=O) groups is 1. The zero-order valence-corrected chi connectivity index (χ0v) is 12.8. The Labute approximate surface area is 120 Å². The molecule has 1 aromatic rings. The van der Waals surface area contributed by atoms with Gasteiger partial charge in [-0.2, -0.15) is 5.10 Å². The number of urea groups is 1. The van der Waals surface area contributed by atoms with Crippen LogP contribution in [0.15, 0.2) is 6.07 Å². The fourth-order valence-corrected chi connectivity index (χ4v) is 2.00. The first-order valence-corrected chi connectivity index (χ1v) is 7.12. The van der Waals surface area contributed by atoms with E-state index in [2.05, 4.69) is 22.7 Å². The summed E-state index contributed by atoms with van der Waals surface area (Å²) in [6.07, 6.45) is 0.714. The Bertz CT molecular complexity index is 427. The second-order valence-electron chi connectivity index (χ2n) is 5.36. The van der Waals surface area contributed by atoms with Crippen LogP contribution in [-0.4, -0.2) is 40.1 Å². The van der Waals surface area contributed by atoms with E-state index in [-0.39, 0.29) is 24.6 Å². The highest BCUT2D eigenvalue weighted by molar-refractivity contribution is 5.74. The number of aliphatic hydroxyl groups is 1. The Morgan fingerprint density at radius 2 is 2.20 bits per heavy atom. The summed E-state index contributed by atoms with van der Waals surface area (Å²) in [4.78, 5) is 11.6. The van der Waals surface area contributed by atoms with Crippen LogP contribution in [0.25, 0.3) is 0 Å². The molecule has 0 aliphatic carbocycles. The average molecular weight is 282 g/mol. The number of aryl methyl sites for hydroxylation is 2. The maximum atomic E-state index is 11.6. The van der Waals surface area contributed by atoms with E-state index in [1.165, 1.54) is 0 Å². The van der Waals surface area contributed by atoms with Crippen molar-refractivity contribution in [2.24, 2.45) is 5.92 Å². The van der Waals surface area contributed by atoms with Gasteiger partial charge in [0.2, 0.25) is 0 Å². The minimum absolute atomic E-state index is 0.0365. The first-order chi connectivity index (χ1) is 9.46. The van der Waals surface area contributed by atoms with Crippen molar-refractivity contribution in [1.82, 2.24) is 20.4 Å². The maximum absolute atomic E-state index is 11.6. The second-order valence-corrected chi connectivity index (χ2v) is 5.36. The van der Waals surface area contributed by atoms with Gasteiger partial charge in [-0.15, -0.1) is 0 Å². The average Bonchev–Trinajstić information content (AvgIpc) is 2.71. The molecule has 1 rings (SSSR count). The SMILES string of the molecule is CCC(CO)NC(=O)NCC(C)Cn1nc(C)cc1C. The summed E-state index contributed by atoms with van der Waals surface area (Å²) in [6, 6.07) is 1.63. The van der Waals surface area contributed by atoms with E-state index in [9.17, 15) is 4.79 Å². The highest BCUT2D eigenvalue weighted by Crippen LogP contribution is 2.05. The molecule has 2 atom stereocenters. The van der Waals surface area contributed by atoms with Crippen molar-refractivity contribution in [2.75, 3.05) is 13.2 Å². The predicted molar refractivity (Wildman–Crippen MR) is 78.6 cm³/mol. The van der Waals surface area contributed by atoms with Crippen LogP contribution in [0.4, 0.5) is 4.79 Å². The van der Waals surface area contributed by atoms with Gasteiger partial charge in [0.15, 0.2) is 0 Å². The Morgan fingerprint density at radius 1 is 1.50 bits per heavy atom.